The van der Waals surface area contributed by atoms with Crippen LogP contribution in [0.25, 0.3) is 11.3 Å². The van der Waals surface area contributed by atoms with Crippen molar-refractivity contribution in [3.63, 3.8) is 0 Å². The fraction of sp³-hybridized carbons (Fsp3) is 0.120. The summed E-state index contributed by atoms with van der Waals surface area (Å²) in [5.74, 6) is 0.789. The topological polar surface area (TPSA) is 91.2 Å². The van der Waals surface area contributed by atoms with Crippen molar-refractivity contribution in [1.82, 2.24) is 4.68 Å². The molecule has 1 aromatic heterocycles. The molecule has 8 nitrogen and oxygen atoms in total. The lowest BCUT2D eigenvalue weighted by Gasteiger charge is -2.06. The molecule has 5 rings (SSSR count). The van der Waals surface area contributed by atoms with Crippen molar-refractivity contribution in [2.24, 2.45) is 10.1 Å². The van der Waals surface area contributed by atoms with E-state index in [1.165, 1.54) is 23.6 Å². The van der Waals surface area contributed by atoms with Crippen LogP contribution in [0, 0.1) is 24.0 Å². The van der Waals surface area contributed by atoms with Crippen molar-refractivity contribution in [3.05, 3.63) is 96.1 Å². The highest BCUT2D eigenvalue weighted by Gasteiger charge is 2.22. The lowest BCUT2D eigenvalue weighted by atomic mass is 10.1. The summed E-state index contributed by atoms with van der Waals surface area (Å²) in [6.45, 7) is 4.05. The van der Waals surface area contributed by atoms with Crippen molar-refractivity contribution in [2.45, 2.75) is 13.8 Å². The van der Waals surface area contributed by atoms with E-state index in [2.05, 4.69) is 21.0 Å². The van der Waals surface area contributed by atoms with Gasteiger partial charge in [-0.2, -0.15) is 5.10 Å². The second-order valence-corrected chi connectivity index (χ2v) is 9.65. The molecule has 4 aromatic rings. The molecule has 0 unspecified atom stereocenters. The summed E-state index contributed by atoms with van der Waals surface area (Å²) in [7, 11) is 0. The highest BCUT2D eigenvalue weighted by atomic mass is 79.9. The predicted octanol–water partition coefficient (Wildman–Crippen LogP) is 6.35. The number of nitrogens with zero attached hydrogens (tertiary/aromatic N) is 4. The standard InChI is InChI=1S/C25H19BrN4O4S/c1-15-6-7-16(2)20(8-15)28-25-29(22(13-35-25)17-4-3-5-19(26)9-17)27-12-18-10-23-24(34-14-33-23)11-21(18)30(31)32/h3-13H,14H2,1-2H3. The number of thiazole rings is 1. The van der Waals surface area contributed by atoms with E-state index in [0.717, 1.165) is 32.5 Å². The summed E-state index contributed by atoms with van der Waals surface area (Å²) in [6, 6.07) is 16.9. The van der Waals surface area contributed by atoms with E-state index >= 15 is 0 Å². The SMILES string of the molecule is Cc1ccc(C)c(N=c2scc(-c3cccc(Br)c3)n2N=Cc2cc3c(cc2[N+](=O)[O-])OCO3)c1. The van der Waals surface area contributed by atoms with E-state index in [1.807, 2.05) is 61.7 Å². The first kappa shape index (κ1) is 23.0. The zero-order valence-corrected chi connectivity index (χ0v) is 21.2. The van der Waals surface area contributed by atoms with E-state index < -0.39 is 4.92 Å². The minimum atomic E-state index is -0.460. The molecule has 0 saturated heterocycles. The molecule has 35 heavy (non-hydrogen) atoms. The molecular formula is C25H19BrN4O4S. The van der Waals surface area contributed by atoms with Gasteiger partial charge in [0.1, 0.15) is 0 Å². The second-order valence-electron chi connectivity index (χ2n) is 7.89. The Morgan fingerprint density at radius 3 is 2.69 bits per heavy atom. The average Bonchev–Trinajstić information content (AvgIpc) is 3.45. The van der Waals surface area contributed by atoms with Crippen LogP contribution in [0.15, 0.2) is 74.5 Å². The summed E-state index contributed by atoms with van der Waals surface area (Å²) in [5.41, 5.74) is 4.89. The van der Waals surface area contributed by atoms with Crippen LogP contribution in [0.2, 0.25) is 0 Å². The highest BCUT2D eigenvalue weighted by molar-refractivity contribution is 9.10. The first-order chi connectivity index (χ1) is 16.9. The van der Waals surface area contributed by atoms with E-state index in [1.54, 1.807) is 10.7 Å². The van der Waals surface area contributed by atoms with E-state index in [-0.39, 0.29) is 12.5 Å². The highest BCUT2D eigenvalue weighted by Crippen LogP contribution is 2.37. The van der Waals surface area contributed by atoms with Crippen LogP contribution < -0.4 is 14.3 Å². The van der Waals surface area contributed by atoms with Gasteiger partial charge in [0, 0.05) is 15.4 Å². The van der Waals surface area contributed by atoms with Gasteiger partial charge in [0.15, 0.2) is 11.5 Å². The van der Waals surface area contributed by atoms with Gasteiger partial charge >= 0.3 is 0 Å². The Morgan fingerprint density at radius 1 is 1.11 bits per heavy atom. The number of aryl methyl sites for hydroxylation is 2. The quantitative estimate of drug-likeness (QED) is 0.164. The Kier molecular flexibility index (Phi) is 6.23. The molecule has 0 spiro atoms. The van der Waals surface area contributed by atoms with Gasteiger partial charge in [-0.3, -0.25) is 10.1 Å². The van der Waals surface area contributed by atoms with Crippen molar-refractivity contribution in [3.8, 4) is 22.8 Å². The molecular weight excluding hydrogens is 532 g/mol. The fourth-order valence-electron chi connectivity index (χ4n) is 3.61. The maximum Gasteiger partial charge on any atom is 0.282 e. The van der Waals surface area contributed by atoms with E-state index in [4.69, 9.17) is 14.5 Å². The van der Waals surface area contributed by atoms with Crippen molar-refractivity contribution < 1.29 is 14.4 Å². The lowest BCUT2D eigenvalue weighted by Crippen LogP contribution is -2.12. The maximum atomic E-state index is 11.7. The molecule has 10 heteroatoms. The first-order valence-corrected chi connectivity index (χ1v) is 12.3. The van der Waals surface area contributed by atoms with Gasteiger partial charge in [0.25, 0.3) is 5.69 Å². The normalized spacial score (nSPS) is 13.1. The van der Waals surface area contributed by atoms with Gasteiger partial charge in [-0.25, -0.2) is 9.67 Å². The number of fused-ring (bicyclic) bond motifs is 1. The Labute approximate surface area is 213 Å². The molecule has 2 heterocycles. The fourth-order valence-corrected chi connectivity index (χ4v) is 4.85. The number of halogens is 1. The molecule has 0 fully saturated rings. The van der Waals surface area contributed by atoms with Crippen molar-refractivity contribution in [1.29, 1.82) is 0 Å². The zero-order chi connectivity index (χ0) is 24.5. The maximum absolute atomic E-state index is 11.7. The number of rotatable bonds is 5. The van der Waals surface area contributed by atoms with Gasteiger partial charge in [-0.15, -0.1) is 11.3 Å². The molecule has 176 valence electrons. The van der Waals surface area contributed by atoms with Crippen LogP contribution in [0.5, 0.6) is 11.5 Å². The van der Waals surface area contributed by atoms with Crippen LogP contribution in [0.3, 0.4) is 0 Å². The summed E-state index contributed by atoms with van der Waals surface area (Å²) in [4.78, 5) is 16.8. The predicted molar refractivity (Wildman–Crippen MR) is 139 cm³/mol. The van der Waals surface area contributed by atoms with Crippen molar-refractivity contribution >= 4 is 44.9 Å². The third kappa shape index (κ3) is 4.75. The second kappa shape index (κ2) is 9.47. The smallest absolute Gasteiger partial charge is 0.282 e. The monoisotopic (exact) mass is 550 g/mol. The van der Waals surface area contributed by atoms with Crippen LogP contribution in [0.1, 0.15) is 16.7 Å². The Balaban J connectivity index is 1.68. The molecule has 0 radical (unpaired) electrons. The molecule has 0 saturated carbocycles. The minimum absolute atomic E-state index is 0.0261. The van der Waals surface area contributed by atoms with E-state index in [0.29, 0.717) is 21.9 Å². The number of nitro benzene ring substituents is 1. The summed E-state index contributed by atoms with van der Waals surface area (Å²) in [6.07, 6.45) is 1.45. The van der Waals surface area contributed by atoms with E-state index in [9.17, 15) is 10.1 Å². The Morgan fingerprint density at radius 2 is 1.91 bits per heavy atom. The molecule has 0 bridgehead atoms. The van der Waals surface area contributed by atoms with Crippen molar-refractivity contribution in [2.75, 3.05) is 6.79 Å². The average molecular weight is 551 g/mol. The van der Waals surface area contributed by atoms with Gasteiger partial charge in [0.2, 0.25) is 11.6 Å². The number of hydrogen-bond acceptors (Lipinski definition) is 7. The van der Waals surface area contributed by atoms with Gasteiger partial charge in [0.05, 0.1) is 34.1 Å². The molecule has 0 aliphatic carbocycles. The molecule has 1 aliphatic heterocycles. The Bertz CT molecular complexity index is 1560. The number of hydrogen-bond donors (Lipinski definition) is 0. The number of benzene rings is 3. The first-order valence-electron chi connectivity index (χ1n) is 10.6. The zero-order valence-electron chi connectivity index (χ0n) is 18.8. The number of aromatic nitrogens is 1. The van der Waals surface area contributed by atoms with Gasteiger partial charge in [-0.1, -0.05) is 40.2 Å². The Hall–Kier alpha value is -3.76. The van der Waals surface area contributed by atoms with Crippen LogP contribution in [0.4, 0.5) is 11.4 Å². The molecule has 3 aromatic carbocycles. The van der Waals surface area contributed by atoms with Crippen LogP contribution in [-0.2, 0) is 0 Å². The summed E-state index contributed by atoms with van der Waals surface area (Å²) < 4.78 is 13.3. The number of nitro groups is 1. The van der Waals surface area contributed by atoms with Gasteiger partial charge in [-0.05, 0) is 49.2 Å². The third-order valence-electron chi connectivity index (χ3n) is 5.42. The minimum Gasteiger partial charge on any atom is -0.454 e. The van der Waals surface area contributed by atoms with Gasteiger partial charge < -0.3 is 9.47 Å². The summed E-state index contributed by atoms with van der Waals surface area (Å²) in [5, 5.41) is 18.3. The van der Waals surface area contributed by atoms with Crippen LogP contribution in [-0.4, -0.2) is 22.6 Å². The molecule has 0 atom stereocenters. The summed E-state index contributed by atoms with van der Waals surface area (Å²) >= 11 is 4.96. The lowest BCUT2D eigenvalue weighted by molar-refractivity contribution is -0.385. The van der Waals surface area contributed by atoms with Crippen LogP contribution >= 0.6 is 27.3 Å². The largest absolute Gasteiger partial charge is 0.454 e. The number of ether oxygens (including phenoxy) is 2. The molecule has 0 amide bonds. The third-order valence-corrected chi connectivity index (χ3v) is 6.73. The molecule has 1 aliphatic rings. The molecule has 0 N–H and O–H groups in total.